The summed E-state index contributed by atoms with van der Waals surface area (Å²) in [7, 11) is 0. The van der Waals surface area contributed by atoms with Crippen LogP contribution in [0.15, 0.2) is 0 Å². The number of unbranched alkanes of at least 4 members (excludes halogenated alkanes) is 1. The number of ether oxygens (including phenoxy) is 1. The Hall–Kier alpha value is -1.10. The number of carbonyl (C=O) groups excluding carboxylic acids is 2. The normalized spacial score (nSPS) is 27.6. The van der Waals surface area contributed by atoms with E-state index in [1.54, 1.807) is 20.8 Å². The van der Waals surface area contributed by atoms with Gasteiger partial charge in [0, 0.05) is 6.04 Å². The standard InChI is InChI=1S/C15H27NO4/c1-6-7-8-11-9-10(2)12(17)13(18)16(11)14(19)20-15(3,4)5/h10-12,17H,6-9H2,1-5H3. The molecule has 5 nitrogen and oxygen atoms in total. The van der Waals surface area contributed by atoms with Crippen LogP contribution < -0.4 is 0 Å². The van der Waals surface area contributed by atoms with Crippen LogP contribution in [-0.4, -0.2) is 39.8 Å². The zero-order valence-corrected chi connectivity index (χ0v) is 13.2. The molecule has 1 heterocycles. The maximum absolute atomic E-state index is 12.2. The van der Waals surface area contributed by atoms with E-state index < -0.39 is 23.7 Å². The number of likely N-dealkylation sites (tertiary alicyclic amines) is 1. The molecule has 0 aliphatic carbocycles. The summed E-state index contributed by atoms with van der Waals surface area (Å²) in [5.74, 6) is -0.651. The highest BCUT2D eigenvalue weighted by atomic mass is 16.6. The van der Waals surface area contributed by atoms with Crippen molar-refractivity contribution in [3.8, 4) is 0 Å². The molecule has 3 unspecified atom stereocenters. The summed E-state index contributed by atoms with van der Waals surface area (Å²) >= 11 is 0. The Morgan fingerprint density at radius 3 is 2.55 bits per heavy atom. The first-order chi connectivity index (χ1) is 9.17. The van der Waals surface area contributed by atoms with Crippen LogP contribution in [0.3, 0.4) is 0 Å². The number of nitrogens with zero attached hydrogens (tertiary/aromatic N) is 1. The second-order valence-corrected chi connectivity index (χ2v) is 6.64. The molecule has 5 heteroatoms. The lowest BCUT2D eigenvalue weighted by Gasteiger charge is -2.39. The Balaban J connectivity index is 2.89. The topological polar surface area (TPSA) is 66.8 Å². The third-order valence-electron chi connectivity index (χ3n) is 3.52. The minimum absolute atomic E-state index is 0.122. The van der Waals surface area contributed by atoms with Gasteiger partial charge in [0.25, 0.3) is 5.91 Å². The molecule has 0 aromatic rings. The monoisotopic (exact) mass is 285 g/mol. The molecule has 1 rings (SSSR count). The number of aliphatic hydroxyl groups excluding tert-OH is 1. The van der Waals surface area contributed by atoms with Crippen LogP contribution in [-0.2, 0) is 9.53 Å². The molecule has 1 aliphatic rings. The lowest BCUT2D eigenvalue weighted by Crippen LogP contribution is -2.56. The summed E-state index contributed by atoms with van der Waals surface area (Å²) < 4.78 is 5.30. The van der Waals surface area contributed by atoms with Crippen LogP contribution in [0.4, 0.5) is 4.79 Å². The van der Waals surface area contributed by atoms with E-state index in [2.05, 4.69) is 6.92 Å². The van der Waals surface area contributed by atoms with Crippen molar-refractivity contribution in [3.63, 3.8) is 0 Å². The average molecular weight is 285 g/mol. The Bertz CT molecular complexity index is 361. The molecule has 20 heavy (non-hydrogen) atoms. The first-order valence-corrected chi connectivity index (χ1v) is 7.41. The van der Waals surface area contributed by atoms with Gasteiger partial charge in [-0.05, 0) is 39.5 Å². The van der Waals surface area contributed by atoms with Crippen molar-refractivity contribution in [1.82, 2.24) is 4.90 Å². The quantitative estimate of drug-likeness (QED) is 0.865. The van der Waals surface area contributed by atoms with Crippen molar-refractivity contribution in [2.24, 2.45) is 5.92 Å². The maximum Gasteiger partial charge on any atom is 0.417 e. The van der Waals surface area contributed by atoms with Crippen molar-refractivity contribution >= 4 is 12.0 Å². The molecule has 1 fully saturated rings. The van der Waals surface area contributed by atoms with Crippen LogP contribution in [0, 0.1) is 5.92 Å². The Morgan fingerprint density at radius 1 is 1.45 bits per heavy atom. The lowest BCUT2D eigenvalue weighted by molar-refractivity contribution is -0.150. The smallest absolute Gasteiger partial charge is 0.417 e. The van der Waals surface area contributed by atoms with E-state index in [1.165, 1.54) is 0 Å². The van der Waals surface area contributed by atoms with E-state index in [0.717, 1.165) is 24.2 Å². The minimum Gasteiger partial charge on any atom is -0.443 e. The van der Waals surface area contributed by atoms with Gasteiger partial charge in [0.15, 0.2) is 0 Å². The van der Waals surface area contributed by atoms with E-state index in [0.29, 0.717) is 6.42 Å². The van der Waals surface area contributed by atoms with Crippen LogP contribution >= 0.6 is 0 Å². The predicted octanol–water partition coefficient (Wildman–Crippen LogP) is 2.71. The first kappa shape index (κ1) is 17.0. The molecule has 1 N–H and O–H groups in total. The number of hydrogen-bond acceptors (Lipinski definition) is 4. The third-order valence-corrected chi connectivity index (χ3v) is 3.52. The first-order valence-electron chi connectivity index (χ1n) is 7.41. The molecule has 3 atom stereocenters. The zero-order chi connectivity index (χ0) is 15.5. The average Bonchev–Trinajstić information content (AvgIpc) is 2.30. The van der Waals surface area contributed by atoms with Crippen molar-refractivity contribution < 1.29 is 19.4 Å². The van der Waals surface area contributed by atoms with E-state index >= 15 is 0 Å². The summed E-state index contributed by atoms with van der Waals surface area (Å²) in [5, 5.41) is 9.91. The molecule has 1 saturated heterocycles. The molecule has 0 aromatic carbocycles. The number of carbonyl (C=O) groups is 2. The van der Waals surface area contributed by atoms with E-state index in [-0.39, 0.29) is 12.0 Å². The van der Waals surface area contributed by atoms with E-state index in [1.807, 2.05) is 6.92 Å². The fourth-order valence-corrected chi connectivity index (χ4v) is 2.47. The van der Waals surface area contributed by atoms with Gasteiger partial charge >= 0.3 is 6.09 Å². The van der Waals surface area contributed by atoms with Crippen molar-refractivity contribution in [1.29, 1.82) is 0 Å². The van der Waals surface area contributed by atoms with Gasteiger partial charge < -0.3 is 9.84 Å². The van der Waals surface area contributed by atoms with Crippen LogP contribution in [0.25, 0.3) is 0 Å². The number of imide groups is 1. The van der Waals surface area contributed by atoms with Gasteiger partial charge in [-0.2, -0.15) is 0 Å². The molecule has 0 radical (unpaired) electrons. The number of rotatable bonds is 3. The zero-order valence-electron chi connectivity index (χ0n) is 13.2. The minimum atomic E-state index is -1.11. The number of hydrogen-bond donors (Lipinski definition) is 1. The molecular weight excluding hydrogens is 258 g/mol. The van der Waals surface area contributed by atoms with Crippen molar-refractivity contribution in [2.45, 2.75) is 78.0 Å². The van der Waals surface area contributed by atoms with Gasteiger partial charge in [0.05, 0.1) is 0 Å². The predicted molar refractivity (Wildman–Crippen MR) is 76.2 cm³/mol. The molecule has 116 valence electrons. The highest BCUT2D eigenvalue weighted by Gasteiger charge is 2.43. The number of aliphatic hydroxyl groups is 1. The maximum atomic E-state index is 12.2. The van der Waals surface area contributed by atoms with Gasteiger partial charge in [-0.3, -0.25) is 4.79 Å². The van der Waals surface area contributed by atoms with Gasteiger partial charge in [-0.25, -0.2) is 9.69 Å². The summed E-state index contributed by atoms with van der Waals surface area (Å²) in [6.07, 6.45) is 1.59. The van der Waals surface area contributed by atoms with Crippen molar-refractivity contribution in [3.05, 3.63) is 0 Å². The highest BCUT2D eigenvalue weighted by Crippen LogP contribution is 2.28. The largest absolute Gasteiger partial charge is 0.443 e. The van der Waals surface area contributed by atoms with Crippen LogP contribution in [0.2, 0.25) is 0 Å². The molecule has 0 saturated carbocycles. The SMILES string of the molecule is CCCCC1CC(C)C(O)C(=O)N1C(=O)OC(C)(C)C. The fraction of sp³-hybridized carbons (Fsp3) is 0.867. The summed E-state index contributed by atoms with van der Waals surface area (Å²) in [4.78, 5) is 25.6. The summed E-state index contributed by atoms with van der Waals surface area (Å²) in [6, 6.07) is -0.171. The van der Waals surface area contributed by atoms with E-state index in [4.69, 9.17) is 4.74 Å². The van der Waals surface area contributed by atoms with Gasteiger partial charge in [0.2, 0.25) is 0 Å². The Labute approximate surface area is 121 Å². The molecule has 0 bridgehead atoms. The van der Waals surface area contributed by atoms with Gasteiger partial charge in [0.1, 0.15) is 11.7 Å². The molecule has 1 aliphatic heterocycles. The van der Waals surface area contributed by atoms with Gasteiger partial charge in [-0.1, -0.05) is 26.7 Å². The molecule has 0 spiro atoms. The summed E-state index contributed by atoms with van der Waals surface area (Å²) in [5.41, 5.74) is -0.652. The second-order valence-electron chi connectivity index (χ2n) is 6.64. The molecule has 0 aromatic heterocycles. The Morgan fingerprint density at radius 2 is 2.05 bits per heavy atom. The number of amides is 2. The highest BCUT2D eigenvalue weighted by molar-refractivity contribution is 5.95. The number of piperidine rings is 1. The van der Waals surface area contributed by atoms with Gasteiger partial charge in [-0.15, -0.1) is 0 Å². The van der Waals surface area contributed by atoms with Crippen molar-refractivity contribution in [2.75, 3.05) is 0 Å². The Kier molecular flexibility index (Phi) is 5.57. The summed E-state index contributed by atoms with van der Waals surface area (Å²) in [6.45, 7) is 9.20. The van der Waals surface area contributed by atoms with Crippen LogP contribution in [0.1, 0.15) is 60.3 Å². The molecule has 2 amide bonds. The third kappa shape index (κ3) is 4.20. The van der Waals surface area contributed by atoms with E-state index in [9.17, 15) is 14.7 Å². The second kappa shape index (κ2) is 6.57. The molecular formula is C15H27NO4. The lowest BCUT2D eigenvalue weighted by atomic mass is 9.87. The fourth-order valence-electron chi connectivity index (χ4n) is 2.47. The van der Waals surface area contributed by atoms with Crippen LogP contribution in [0.5, 0.6) is 0 Å².